The average molecular weight is 301 g/mol. The Hall–Kier alpha value is -2.26. The van der Waals surface area contributed by atoms with Gasteiger partial charge in [-0.25, -0.2) is 4.79 Å². The molecular weight excluding hydrogens is 288 g/mol. The monoisotopic (exact) mass is 300 g/mol. The van der Waals surface area contributed by atoms with Crippen molar-refractivity contribution in [3.8, 4) is 5.75 Å². The van der Waals surface area contributed by atoms with Crippen molar-refractivity contribution in [2.24, 2.45) is 0 Å². The highest BCUT2D eigenvalue weighted by atomic mass is 35.5. The van der Waals surface area contributed by atoms with Gasteiger partial charge >= 0.3 is 5.97 Å². The number of carboxylic acids is 1. The van der Waals surface area contributed by atoms with E-state index in [1.54, 1.807) is 0 Å². The SMILES string of the molecule is O=C(O)/C=C1/c2ccccc2COc2cc(CCl)ccc21. The summed E-state index contributed by atoms with van der Waals surface area (Å²) in [6.45, 7) is 0.409. The van der Waals surface area contributed by atoms with E-state index in [4.69, 9.17) is 16.3 Å². The van der Waals surface area contributed by atoms with Crippen LogP contribution < -0.4 is 4.74 Å². The van der Waals surface area contributed by atoms with E-state index in [9.17, 15) is 9.90 Å². The van der Waals surface area contributed by atoms with Gasteiger partial charge in [0.1, 0.15) is 12.4 Å². The number of rotatable bonds is 2. The van der Waals surface area contributed by atoms with Crippen LogP contribution in [0.1, 0.15) is 22.3 Å². The summed E-state index contributed by atoms with van der Waals surface area (Å²) in [6, 6.07) is 13.3. The van der Waals surface area contributed by atoms with E-state index in [0.717, 1.165) is 22.3 Å². The number of alkyl halides is 1. The summed E-state index contributed by atoms with van der Waals surface area (Å²) in [5.41, 5.74) is 4.23. The van der Waals surface area contributed by atoms with Gasteiger partial charge in [0.05, 0.1) is 0 Å². The van der Waals surface area contributed by atoms with Crippen molar-refractivity contribution < 1.29 is 14.6 Å². The smallest absolute Gasteiger partial charge is 0.328 e. The zero-order valence-corrected chi connectivity index (χ0v) is 11.9. The Morgan fingerprint density at radius 1 is 1.24 bits per heavy atom. The van der Waals surface area contributed by atoms with E-state index >= 15 is 0 Å². The summed E-state index contributed by atoms with van der Waals surface area (Å²) >= 11 is 5.86. The molecule has 2 aromatic carbocycles. The van der Waals surface area contributed by atoms with Gasteiger partial charge in [-0.1, -0.05) is 36.4 Å². The summed E-state index contributed by atoms with van der Waals surface area (Å²) in [6.07, 6.45) is 1.23. The molecule has 106 valence electrons. The van der Waals surface area contributed by atoms with Crippen molar-refractivity contribution >= 4 is 23.1 Å². The highest BCUT2D eigenvalue weighted by Gasteiger charge is 2.20. The van der Waals surface area contributed by atoms with Crippen LogP contribution in [0, 0.1) is 0 Å². The van der Waals surface area contributed by atoms with Crippen molar-refractivity contribution in [2.45, 2.75) is 12.5 Å². The van der Waals surface area contributed by atoms with E-state index in [1.807, 2.05) is 42.5 Å². The zero-order valence-electron chi connectivity index (χ0n) is 11.2. The molecule has 0 fully saturated rings. The molecule has 4 heteroatoms. The third kappa shape index (κ3) is 2.65. The second kappa shape index (κ2) is 5.62. The Kier molecular flexibility index (Phi) is 3.67. The van der Waals surface area contributed by atoms with Crippen LogP contribution in [0.4, 0.5) is 0 Å². The summed E-state index contributed by atoms with van der Waals surface area (Å²) in [7, 11) is 0. The first-order valence-corrected chi connectivity index (χ1v) is 7.07. The van der Waals surface area contributed by atoms with Crippen molar-refractivity contribution in [1.82, 2.24) is 0 Å². The second-order valence-corrected chi connectivity index (χ2v) is 5.07. The van der Waals surface area contributed by atoms with Gasteiger partial charge in [0, 0.05) is 23.1 Å². The van der Waals surface area contributed by atoms with Crippen molar-refractivity contribution in [1.29, 1.82) is 0 Å². The van der Waals surface area contributed by atoms with Crippen molar-refractivity contribution in [3.63, 3.8) is 0 Å². The van der Waals surface area contributed by atoms with Crippen LogP contribution in [-0.2, 0) is 17.3 Å². The summed E-state index contributed by atoms with van der Waals surface area (Å²) < 4.78 is 5.84. The highest BCUT2D eigenvalue weighted by Crippen LogP contribution is 2.37. The molecule has 21 heavy (non-hydrogen) atoms. The topological polar surface area (TPSA) is 46.5 Å². The van der Waals surface area contributed by atoms with E-state index in [2.05, 4.69) is 0 Å². The lowest BCUT2D eigenvalue weighted by Gasteiger charge is -2.10. The van der Waals surface area contributed by atoms with Crippen molar-refractivity contribution in [2.75, 3.05) is 0 Å². The number of carboxylic acid groups (broad SMARTS) is 1. The Morgan fingerprint density at radius 3 is 2.81 bits per heavy atom. The molecule has 0 amide bonds. The average Bonchev–Trinajstić information content (AvgIpc) is 2.64. The molecule has 0 saturated heterocycles. The molecule has 3 nitrogen and oxygen atoms in total. The maximum atomic E-state index is 11.2. The van der Waals surface area contributed by atoms with Crippen LogP contribution >= 0.6 is 11.6 Å². The quantitative estimate of drug-likeness (QED) is 0.677. The van der Waals surface area contributed by atoms with Crippen molar-refractivity contribution in [3.05, 3.63) is 70.8 Å². The molecule has 1 aliphatic heterocycles. The Morgan fingerprint density at radius 2 is 2.05 bits per heavy atom. The molecule has 2 aromatic rings. The molecule has 1 heterocycles. The van der Waals surface area contributed by atoms with E-state index in [-0.39, 0.29) is 0 Å². The molecule has 0 atom stereocenters. The van der Waals surface area contributed by atoms with Crippen LogP contribution in [0.2, 0.25) is 0 Å². The molecule has 0 spiro atoms. The summed E-state index contributed by atoms with van der Waals surface area (Å²) in [4.78, 5) is 11.2. The number of hydrogen-bond acceptors (Lipinski definition) is 2. The highest BCUT2D eigenvalue weighted by molar-refractivity contribution is 6.17. The maximum Gasteiger partial charge on any atom is 0.328 e. The number of aliphatic carboxylic acids is 1. The maximum absolute atomic E-state index is 11.2. The molecule has 0 saturated carbocycles. The Bertz CT molecular complexity index is 735. The first-order chi connectivity index (χ1) is 10.2. The van der Waals surface area contributed by atoms with Gasteiger partial charge in [-0.15, -0.1) is 11.6 Å². The van der Waals surface area contributed by atoms with Crippen LogP contribution in [0.5, 0.6) is 5.75 Å². The molecule has 0 unspecified atom stereocenters. The number of fused-ring (bicyclic) bond motifs is 2. The number of hydrogen-bond donors (Lipinski definition) is 1. The van der Waals surface area contributed by atoms with Gasteiger partial charge in [0.25, 0.3) is 0 Å². The largest absolute Gasteiger partial charge is 0.488 e. The lowest BCUT2D eigenvalue weighted by molar-refractivity contribution is -0.131. The van der Waals surface area contributed by atoms with Crippen LogP contribution in [0.15, 0.2) is 48.5 Å². The first-order valence-electron chi connectivity index (χ1n) is 6.54. The van der Waals surface area contributed by atoms with E-state index in [1.165, 1.54) is 6.08 Å². The molecule has 0 aliphatic carbocycles. The van der Waals surface area contributed by atoms with Gasteiger partial charge in [-0.2, -0.15) is 0 Å². The molecule has 3 rings (SSSR count). The summed E-state index contributed by atoms with van der Waals surface area (Å²) in [5, 5.41) is 9.17. The number of benzene rings is 2. The minimum atomic E-state index is -0.978. The molecule has 0 bridgehead atoms. The second-order valence-electron chi connectivity index (χ2n) is 4.81. The van der Waals surface area contributed by atoms with Crippen LogP contribution in [0.3, 0.4) is 0 Å². The zero-order chi connectivity index (χ0) is 14.8. The predicted molar refractivity (Wildman–Crippen MR) is 81.5 cm³/mol. The normalized spacial score (nSPS) is 14.8. The fourth-order valence-corrected chi connectivity index (χ4v) is 2.65. The van der Waals surface area contributed by atoms with Crippen LogP contribution in [0.25, 0.3) is 5.57 Å². The third-order valence-corrected chi connectivity index (χ3v) is 3.76. The van der Waals surface area contributed by atoms with Crippen LogP contribution in [-0.4, -0.2) is 11.1 Å². The van der Waals surface area contributed by atoms with Gasteiger partial charge in [0.15, 0.2) is 0 Å². The van der Waals surface area contributed by atoms with Gasteiger partial charge < -0.3 is 9.84 Å². The van der Waals surface area contributed by atoms with E-state index in [0.29, 0.717) is 23.8 Å². The Labute approximate surface area is 127 Å². The molecule has 1 aliphatic rings. The lowest BCUT2D eigenvalue weighted by atomic mass is 9.93. The van der Waals surface area contributed by atoms with Gasteiger partial charge in [-0.3, -0.25) is 0 Å². The number of halogens is 1. The summed E-state index contributed by atoms with van der Waals surface area (Å²) in [5.74, 6) is 0.0765. The van der Waals surface area contributed by atoms with Gasteiger partial charge in [-0.05, 0) is 22.8 Å². The minimum absolute atomic E-state index is 0.390. The third-order valence-electron chi connectivity index (χ3n) is 3.45. The van der Waals surface area contributed by atoms with Gasteiger partial charge in [0.2, 0.25) is 0 Å². The number of ether oxygens (including phenoxy) is 1. The van der Waals surface area contributed by atoms with E-state index < -0.39 is 5.97 Å². The number of carbonyl (C=O) groups is 1. The first kappa shape index (κ1) is 13.7. The fraction of sp³-hybridized carbons (Fsp3) is 0.118. The molecule has 0 radical (unpaired) electrons. The molecular formula is C17H13ClO3. The fourth-order valence-electron chi connectivity index (χ4n) is 2.48. The minimum Gasteiger partial charge on any atom is -0.488 e. The molecule has 0 aromatic heterocycles. The Balaban J connectivity index is 2.24. The molecule has 1 N–H and O–H groups in total. The predicted octanol–water partition coefficient (Wildman–Crippen LogP) is 3.83. The standard InChI is InChI=1S/C17H13ClO3/c18-9-11-5-6-14-15(8-17(19)20)13-4-2-1-3-12(13)10-21-16(14)7-11/h1-8H,9-10H2,(H,19,20)/b15-8-. The lowest BCUT2D eigenvalue weighted by Crippen LogP contribution is -1.96.